The van der Waals surface area contributed by atoms with E-state index in [1.807, 2.05) is 12.3 Å². The van der Waals surface area contributed by atoms with Gasteiger partial charge in [-0.3, -0.25) is 0 Å². The smallest absolute Gasteiger partial charge is 0.216 e. The Kier molecular flexibility index (Phi) is 4.13. The lowest BCUT2D eigenvalue weighted by Crippen LogP contribution is -2.44. The molecule has 1 aliphatic heterocycles. The van der Waals surface area contributed by atoms with E-state index in [4.69, 9.17) is 0 Å². The highest BCUT2D eigenvalue weighted by atomic mass is 32.2. The molecule has 1 fully saturated rings. The minimum absolute atomic E-state index is 0.303. The second-order valence-corrected chi connectivity index (χ2v) is 7.21. The van der Waals surface area contributed by atoms with Crippen LogP contribution in [0.3, 0.4) is 0 Å². The number of nitrogens with zero attached hydrogens (tertiary/aromatic N) is 1. The Morgan fingerprint density at radius 1 is 1.65 bits per heavy atom. The van der Waals surface area contributed by atoms with E-state index in [0.717, 1.165) is 30.1 Å². The Morgan fingerprint density at radius 3 is 3.06 bits per heavy atom. The van der Waals surface area contributed by atoms with Gasteiger partial charge in [0, 0.05) is 17.6 Å². The van der Waals surface area contributed by atoms with Crippen LogP contribution in [0.15, 0.2) is 5.38 Å². The fourth-order valence-electron chi connectivity index (χ4n) is 1.85. The summed E-state index contributed by atoms with van der Waals surface area (Å²) in [5.41, 5.74) is 0.934. The van der Waals surface area contributed by atoms with Crippen molar-refractivity contribution in [1.29, 1.82) is 0 Å². The zero-order valence-electron chi connectivity index (χ0n) is 9.77. The molecule has 0 saturated carbocycles. The molecule has 0 radical (unpaired) electrons. The van der Waals surface area contributed by atoms with Crippen LogP contribution in [-0.2, 0) is 16.6 Å². The van der Waals surface area contributed by atoms with Gasteiger partial charge in [0.15, 0.2) is 0 Å². The van der Waals surface area contributed by atoms with Crippen molar-refractivity contribution in [1.82, 2.24) is 15.0 Å². The molecule has 1 aliphatic rings. The van der Waals surface area contributed by atoms with E-state index in [-0.39, 0.29) is 5.25 Å². The Labute approximate surface area is 106 Å². The van der Waals surface area contributed by atoms with Gasteiger partial charge in [-0.05, 0) is 26.3 Å². The lowest BCUT2D eigenvalue weighted by Gasteiger charge is -2.22. The topological polar surface area (TPSA) is 71.1 Å². The maximum Gasteiger partial charge on any atom is 0.216 e. The van der Waals surface area contributed by atoms with Crippen molar-refractivity contribution in [2.24, 2.45) is 0 Å². The van der Waals surface area contributed by atoms with E-state index in [9.17, 15) is 8.42 Å². The standard InChI is InChI=1S/C10H17N3O2S2/c1-8-7-16-10(13-8)6-12-17(14,15)9-3-2-4-11-5-9/h7,9,11-12H,2-6H2,1H3. The molecule has 17 heavy (non-hydrogen) atoms. The average Bonchev–Trinajstić information content (AvgIpc) is 2.74. The first-order valence-corrected chi connectivity index (χ1v) is 8.11. The minimum atomic E-state index is -3.22. The first kappa shape index (κ1) is 12.9. The maximum absolute atomic E-state index is 12.0. The summed E-state index contributed by atoms with van der Waals surface area (Å²) < 4.78 is 26.6. The molecule has 7 heteroatoms. The van der Waals surface area contributed by atoms with E-state index in [1.165, 1.54) is 11.3 Å². The lowest BCUT2D eigenvalue weighted by atomic mass is 10.2. The number of nitrogens with one attached hydrogen (secondary N) is 2. The maximum atomic E-state index is 12.0. The van der Waals surface area contributed by atoms with Gasteiger partial charge < -0.3 is 5.32 Å². The highest BCUT2D eigenvalue weighted by Gasteiger charge is 2.26. The molecule has 0 amide bonds. The largest absolute Gasteiger partial charge is 0.315 e. The van der Waals surface area contributed by atoms with Gasteiger partial charge in [0.2, 0.25) is 10.0 Å². The number of thiazole rings is 1. The van der Waals surface area contributed by atoms with Crippen molar-refractivity contribution in [2.45, 2.75) is 31.6 Å². The molecule has 2 N–H and O–H groups in total. The molecule has 1 atom stereocenters. The van der Waals surface area contributed by atoms with Crippen LogP contribution >= 0.6 is 11.3 Å². The summed E-state index contributed by atoms with van der Waals surface area (Å²) in [6, 6.07) is 0. The highest BCUT2D eigenvalue weighted by Crippen LogP contribution is 2.13. The molecule has 2 heterocycles. The lowest BCUT2D eigenvalue weighted by molar-refractivity contribution is 0.490. The van der Waals surface area contributed by atoms with Gasteiger partial charge in [-0.2, -0.15) is 0 Å². The van der Waals surface area contributed by atoms with Crippen LogP contribution in [-0.4, -0.2) is 31.7 Å². The number of sulfonamides is 1. The van der Waals surface area contributed by atoms with Gasteiger partial charge >= 0.3 is 0 Å². The fraction of sp³-hybridized carbons (Fsp3) is 0.700. The molecule has 2 rings (SSSR count). The molecule has 0 aromatic carbocycles. The molecule has 1 saturated heterocycles. The van der Waals surface area contributed by atoms with Crippen molar-refractivity contribution in [3.63, 3.8) is 0 Å². The molecule has 1 unspecified atom stereocenters. The molecule has 0 spiro atoms. The summed E-state index contributed by atoms with van der Waals surface area (Å²) >= 11 is 1.48. The normalized spacial score (nSPS) is 21.6. The fourth-order valence-corrected chi connectivity index (χ4v) is 4.04. The van der Waals surface area contributed by atoms with E-state index >= 15 is 0 Å². The second kappa shape index (κ2) is 5.43. The van der Waals surface area contributed by atoms with E-state index in [1.54, 1.807) is 0 Å². The Bertz CT molecular complexity index is 464. The first-order valence-electron chi connectivity index (χ1n) is 5.68. The summed E-state index contributed by atoms with van der Waals surface area (Å²) in [6.45, 7) is 3.67. The predicted octanol–water partition coefficient (Wildman–Crippen LogP) is 0.623. The van der Waals surface area contributed by atoms with Crippen LogP contribution in [0.1, 0.15) is 23.5 Å². The third kappa shape index (κ3) is 3.48. The monoisotopic (exact) mass is 275 g/mol. The quantitative estimate of drug-likeness (QED) is 0.845. The van der Waals surface area contributed by atoms with Gasteiger partial charge in [-0.1, -0.05) is 0 Å². The third-order valence-electron chi connectivity index (χ3n) is 2.78. The van der Waals surface area contributed by atoms with Crippen LogP contribution in [0.5, 0.6) is 0 Å². The molecule has 1 aromatic rings. The summed E-state index contributed by atoms with van der Waals surface area (Å²) in [5.74, 6) is 0. The van der Waals surface area contributed by atoms with Crippen molar-refractivity contribution in [3.8, 4) is 0 Å². The Balaban J connectivity index is 1.92. The van der Waals surface area contributed by atoms with Crippen LogP contribution in [0.25, 0.3) is 0 Å². The predicted molar refractivity (Wildman–Crippen MR) is 68.5 cm³/mol. The van der Waals surface area contributed by atoms with E-state index in [0.29, 0.717) is 13.1 Å². The van der Waals surface area contributed by atoms with Gasteiger partial charge in [0.05, 0.1) is 11.8 Å². The van der Waals surface area contributed by atoms with Crippen LogP contribution in [0, 0.1) is 6.92 Å². The number of rotatable bonds is 4. The van der Waals surface area contributed by atoms with Crippen molar-refractivity contribution in [3.05, 3.63) is 16.1 Å². The van der Waals surface area contributed by atoms with Gasteiger partial charge in [0.25, 0.3) is 0 Å². The summed E-state index contributed by atoms with van der Waals surface area (Å²) in [6.07, 6.45) is 1.65. The summed E-state index contributed by atoms with van der Waals surface area (Å²) in [5, 5.41) is 5.54. The van der Waals surface area contributed by atoms with Crippen molar-refractivity contribution >= 4 is 21.4 Å². The van der Waals surface area contributed by atoms with Crippen molar-refractivity contribution in [2.75, 3.05) is 13.1 Å². The van der Waals surface area contributed by atoms with Gasteiger partial charge in [0.1, 0.15) is 5.01 Å². The van der Waals surface area contributed by atoms with Crippen LogP contribution in [0.4, 0.5) is 0 Å². The number of aryl methyl sites for hydroxylation is 1. The number of hydrogen-bond acceptors (Lipinski definition) is 5. The molecule has 5 nitrogen and oxygen atoms in total. The van der Waals surface area contributed by atoms with E-state index < -0.39 is 10.0 Å². The number of piperidine rings is 1. The Hall–Kier alpha value is -0.500. The summed E-state index contributed by atoms with van der Waals surface area (Å²) in [4.78, 5) is 4.23. The molecule has 1 aromatic heterocycles. The van der Waals surface area contributed by atoms with Gasteiger partial charge in [-0.15, -0.1) is 11.3 Å². The number of hydrogen-bond donors (Lipinski definition) is 2. The van der Waals surface area contributed by atoms with E-state index in [2.05, 4.69) is 15.0 Å². The van der Waals surface area contributed by atoms with Gasteiger partial charge in [-0.25, -0.2) is 18.1 Å². The van der Waals surface area contributed by atoms with Crippen LogP contribution in [0.2, 0.25) is 0 Å². The van der Waals surface area contributed by atoms with Crippen LogP contribution < -0.4 is 10.0 Å². The van der Waals surface area contributed by atoms with Crippen molar-refractivity contribution < 1.29 is 8.42 Å². The molecular formula is C10H17N3O2S2. The first-order chi connectivity index (χ1) is 8.08. The zero-order chi connectivity index (χ0) is 12.3. The minimum Gasteiger partial charge on any atom is -0.315 e. The molecular weight excluding hydrogens is 258 g/mol. The summed E-state index contributed by atoms with van der Waals surface area (Å²) in [7, 11) is -3.22. The Morgan fingerprint density at radius 2 is 2.47 bits per heavy atom. The number of aromatic nitrogens is 1. The second-order valence-electron chi connectivity index (χ2n) is 4.22. The highest BCUT2D eigenvalue weighted by molar-refractivity contribution is 7.90. The molecule has 96 valence electrons. The molecule has 0 bridgehead atoms. The average molecular weight is 275 g/mol. The zero-order valence-corrected chi connectivity index (χ0v) is 11.4. The third-order valence-corrected chi connectivity index (χ3v) is 5.58. The SMILES string of the molecule is Cc1csc(CNS(=O)(=O)C2CCCNC2)n1. The molecule has 0 aliphatic carbocycles.